The van der Waals surface area contributed by atoms with Crippen LogP contribution in [0.15, 0.2) is 42.6 Å². The molecular weight excluding hydrogens is 320 g/mol. The lowest BCUT2D eigenvalue weighted by Crippen LogP contribution is -2.36. The van der Waals surface area contributed by atoms with Crippen molar-refractivity contribution in [2.24, 2.45) is 0 Å². The van der Waals surface area contributed by atoms with Gasteiger partial charge in [0.15, 0.2) is 6.10 Å². The standard InChI is InChI=1S/C18H20N4O3/c1-13(18(24)19-15-7-8-15)25-17(23)10-9-16-12-22(21-20-16)11-14-5-3-2-4-6-14/h2-6,9-10,12-13,15H,7-8,11H2,1H3,(H,19,24)/b10-9+/t13-/m0/s1. The van der Waals surface area contributed by atoms with Gasteiger partial charge in [-0.1, -0.05) is 35.5 Å². The molecule has 1 N–H and O–H groups in total. The number of carbonyl (C=O) groups excluding carboxylic acids is 2. The minimum Gasteiger partial charge on any atom is -0.449 e. The summed E-state index contributed by atoms with van der Waals surface area (Å²) < 4.78 is 6.76. The number of carbonyl (C=O) groups is 2. The zero-order chi connectivity index (χ0) is 17.6. The zero-order valence-electron chi connectivity index (χ0n) is 14.0. The van der Waals surface area contributed by atoms with E-state index in [2.05, 4.69) is 15.6 Å². The van der Waals surface area contributed by atoms with Crippen LogP contribution in [0.3, 0.4) is 0 Å². The first kappa shape index (κ1) is 16.9. The Morgan fingerprint density at radius 1 is 1.36 bits per heavy atom. The van der Waals surface area contributed by atoms with Gasteiger partial charge in [-0.3, -0.25) is 4.79 Å². The van der Waals surface area contributed by atoms with Crippen LogP contribution in [0.5, 0.6) is 0 Å². The van der Waals surface area contributed by atoms with E-state index in [-0.39, 0.29) is 11.9 Å². The Balaban J connectivity index is 1.49. The monoisotopic (exact) mass is 340 g/mol. The molecule has 0 spiro atoms. The topological polar surface area (TPSA) is 86.1 Å². The van der Waals surface area contributed by atoms with Crippen molar-refractivity contribution in [3.05, 3.63) is 53.9 Å². The summed E-state index contributed by atoms with van der Waals surface area (Å²) in [6.45, 7) is 2.16. The molecule has 25 heavy (non-hydrogen) atoms. The molecule has 1 aliphatic carbocycles. The summed E-state index contributed by atoms with van der Waals surface area (Å²) in [5.74, 6) is -0.853. The molecule has 1 fully saturated rings. The van der Waals surface area contributed by atoms with Gasteiger partial charge in [0.1, 0.15) is 5.69 Å². The largest absolute Gasteiger partial charge is 0.449 e. The smallest absolute Gasteiger partial charge is 0.331 e. The Hall–Kier alpha value is -2.96. The normalized spacial score (nSPS) is 15.1. The number of aromatic nitrogens is 3. The molecule has 130 valence electrons. The highest BCUT2D eigenvalue weighted by Crippen LogP contribution is 2.18. The van der Waals surface area contributed by atoms with E-state index in [1.807, 2.05) is 30.3 Å². The zero-order valence-corrected chi connectivity index (χ0v) is 14.0. The number of benzene rings is 1. The third-order valence-electron chi connectivity index (χ3n) is 3.72. The van der Waals surface area contributed by atoms with Crippen LogP contribution < -0.4 is 5.32 Å². The molecule has 2 aromatic rings. The molecule has 0 radical (unpaired) electrons. The minimum atomic E-state index is -0.813. The van der Waals surface area contributed by atoms with Crippen LogP contribution in [0.25, 0.3) is 6.08 Å². The summed E-state index contributed by atoms with van der Waals surface area (Å²) in [4.78, 5) is 23.5. The van der Waals surface area contributed by atoms with Crippen LogP contribution in [0.1, 0.15) is 31.0 Å². The van der Waals surface area contributed by atoms with Gasteiger partial charge >= 0.3 is 5.97 Å². The van der Waals surface area contributed by atoms with Gasteiger partial charge in [0.25, 0.3) is 5.91 Å². The van der Waals surface area contributed by atoms with Gasteiger partial charge in [-0.15, -0.1) is 5.10 Å². The van der Waals surface area contributed by atoms with Crippen LogP contribution in [0.4, 0.5) is 0 Å². The summed E-state index contributed by atoms with van der Waals surface area (Å²) in [7, 11) is 0. The number of hydrogen-bond acceptors (Lipinski definition) is 5. The van der Waals surface area contributed by atoms with E-state index in [0.29, 0.717) is 12.2 Å². The SMILES string of the molecule is C[C@H](OC(=O)/C=C/c1cn(Cc2ccccc2)nn1)C(=O)NC1CC1. The van der Waals surface area contributed by atoms with Crippen molar-refractivity contribution < 1.29 is 14.3 Å². The molecule has 3 rings (SSSR count). The van der Waals surface area contributed by atoms with Crippen molar-refractivity contribution in [2.45, 2.75) is 38.5 Å². The van der Waals surface area contributed by atoms with Gasteiger partial charge in [-0.2, -0.15) is 0 Å². The first-order valence-electron chi connectivity index (χ1n) is 8.23. The quantitative estimate of drug-likeness (QED) is 0.610. The highest BCUT2D eigenvalue weighted by molar-refractivity contribution is 5.90. The van der Waals surface area contributed by atoms with Crippen molar-refractivity contribution in [3.8, 4) is 0 Å². The molecule has 1 aromatic heterocycles. The molecule has 0 unspecified atom stereocenters. The Morgan fingerprint density at radius 2 is 2.12 bits per heavy atom. The second-order valence-electron chi connectivity index (χ2n) is 6.02. The molecule has 0 bridgehead atoms. The molecule has 0 saturated heterocycles. The number of ether oxygens (including phenoxy) is 1. The van der Waals surface area contributed by atoms with Gasteiger partial charge in [-0.25, -0.2) is 9.48 Å². The van der Waals surface area contributed by atoms with Gasteiger partial charge in [0, 0.05) is 12.1 Å². The number of hydrogen-bond donors (Lipinski definition) is 1. The van der Waals surface area contributed by atoms with Gasteiger partial charge in [0.05, 0.1) is 12.7 Å². The van der Waals surface area contributed by atoms with E-state index in [1.165, 1.54) is 12.2 Å². The number of nitrogens with zero attached hydrogens (tertiary/aromatic N) is 3. The average Bonchev–Trinajstić information content (AvgIpc) is 3.31. The van der Waals surface area contributed by atoms with E-state index in [9.17, 15) is 9.59 Å². The Morgan fingerprint density at radius 3 is 2.84 bits per heavy atom. The van der Waals surface area contributed by atoms with Crippen LogP contribution in [0.2, 0.25) is 0 Å². The Bertz CT molecular complexity index is 766. The van der Waals surface area contributed by atoms with Crippen LogP contribution in [-0.2, 0) is 20.9 Å². The molecular formula is C18H20N4O3. The van der Waals surface area contributed by atoms with E-state index in [4.69, 9.17) is 4.74 Å². The summed E-state index contributed by atoms with van der Waals surface area (Å²) in [6.07, 6.45) is 5.67. The lowest BCUT2D eigenvalue weighted by Gasteiger charge is -2.11. The van der Waals surface area contributed by atoms with Crippen molar-refractivity contribution >= 4 is 18.0 Å². The average molecular weight is 340 g/mol. The fraction of sp³-hybridized carbons (Fsp3) is 0.333. The molecule has 7 heteroatoms. The Kier molecular flexibility index (Phi) is 5.23. The molecule has 1 aromatic carbocycles. The number of nitrogens with one attached hydrogen (secondary N) is 1. The van der Waals surface area contributed by atoms with Gasteiger partial charge < -0.3 is 10.1 Å². The minimum absolute atomic E-state index is 0.240. The number of amides is 1. The second kappa shape index (κ2) is 7.74. The lowest BCUT2D eigenvalue weighted by atomic mass is 10.2. The maximum atomic E-state index is 11.8. The van der Waals surface area contributed by atoms with Crippen molar-refractivity contribution in [1.29, 1.82) is 0 Å². The predicted octanol–water partition coefficient (Wildman–Crippen LogP) is 1.55. The molecule has 1 amide bonds. The highest BCUT2D eigenvalue weighted by atomic mass is 16.5. The molecule has 1 aliphatic rings. The van der Waals surface area contributed by atoms with Crippen LogP contribution >= 0.6 is 0 Å². The molecule has 1 saturated carbocycles. The fourth-order valence-electron chi connectivity index (χ4n) is 2.20. The summed E-state index contributed by atoms with van der Waals surface area (Å²) in [6, 6.07) is 10.1. The van der Waals surface area contributed by atoms with E-state index >= 15 is 0 Å². The highest BCUT2D eigenvalue weighted by Gasteiger charge is 2.26. The van der Waals surface area contributed by atoms with E-state index < -0.39 is 12.1 Å². The third kappa shape index (κ3) is 5.27. The number of rotatable bonds is 7. The molecule has 1 atom stereocenters. The van der Waals surface area contributed by atoms with Gasteiger partial charge in [-0.05, 0) is 31.4 Å². The fourth-order valence-corrected chi connectivity index (χ4v) is 2.20. The second-order valence-corrected chi connectivity index (χ2v) is 6.02. The maximum absolute atomic E-state index is 11.8. The van der Waals surface area contributed by atoms with Crippen LogP contribution in [-0.4, -0.2) is 39.0 Å². The van der Waals surface area contributed by atoms with Crippen molar-refractivity contribution in [2.75, 3.05) is 0 Å². The summed E-state index contributed by atoms with van der Waals surface area (Å²) >= 11 is 0. The molecule has 0 aliphatic heterocycles. The lowest BCUT2D eigenvalue weighted by molar-refractivity contribution is -0.150. The third-order valence-corrected chi connectivity index (χ3v) is 3.72. The van der Waals surface area contributed by atoms with Crippen LogP contribution in [0, 0.1) is 0 Å². The first-order chi connectivity index (χ1) is 12.1. The molecule has 7 nitrogen and oxygen atoms in total. The van der Waals surface area contributed by atoms with E-state index in [1.54, 1.807) is 17.8 Å². The maximum Gasteiger partial charge on any atom is 0.331 e. The van der Waals surface area contributed by atoms with Crippen molar-refractivity contribution in [3.63, 3.8) is 0 Å². The molecule has 1 heterocycles. The Labute approximate surface area is 145 Å². The van der Waals surface area contributed by atoms with Crippen molar-refractivity contribution in [1.82, 2.24) is 20.3 Å². The van der Waals surface area contributed by atoms with E-state index in [0.717, 1.165) is 18.4 Å². The first-order valence-corrected chi connectivity index (χ1v) is 8.23. The predicted molar refractivity (Wildman–Crippen MR) is 91.3 cm³/mol. The summed E-state index contributed by atoms with van der Waals surface area (Å²) in [5.41, 5.74) is 1.65. The van der Waals surface area contributed by atoms with Gasteiger partial charge in [0.2, 0.25) is 0 Å². The number of esters is 1. The summed E-state index contributed by atoms with van der Waals surface area (Å²) in [5, 5.41) is 10.8.